The number of benzene rings is 1. The van der Waals surface area contributed by atoms with Crippen LogP contribution in [0.2, 0.25) is 5.02 Å². The van der Waals surface area contributed by atoms with Crippen molar-refractivity contribution in [2.75, 3.05) is 33.7 Å². The Bertz CT molecular complexity index is 816. The topological polar surface area (TPSA) is 79.0 Å². The molecule has 1 amide bonds. The van der Waals surface area contributed by atoms with E-state index in [0.717, 1.165) is 17.4 Å². The molecule has 1 heterocycles. The first-order chi connectivity index (χ1) is 12.8. The normalized spacial score (nSPS) is 21.7. The Labute approximate surface area is 173 Å². The van der Waals surface area contributed by atoms with Gasteiger partial charge in [0.2, 0.25) is 10.0 Å². The molecule has 1 aromatic rings. The van der Waals surface area contributed by atoms with Crippen molar-refractivity contribution in [1.29, 1.82) is 0 Å². The maximum Gasteiger partial charge on any atom is 0.252 e. The van der Waals surface area contributed by atoms with Crippen LogP contribution in [0.15, 0.2) is 23.1 Å². The maximum absolute atomic E-state index is 12.7. The summed E-state index contributed by atoms with van der Waals surface area (Å²) in [5, 5.41) is 3.11. The minimum atomic E-state index is -3.65. The van der Waals surface area contributed by atoms with Crippen molar-refractivity contribution in [1.82, 2.24) is 14.5 Å². The number of morpholine rings is 1. The largest absolute Gasteiger partial charge is 0.373 e. The molecule has 0 radical (unpaired) electrons. The summed E-state index contributed by atoms with van der Waals surface area (Å²) in [5.74, 6) is -0.400. The molecular weight excluding hydrogens is 402 g/mol. The molecule has 28 heavy (non-hydrogen) atoms. The van der Waals surface area contributed by atoms with Gasteiger partial charge in [-0.3, -0.25) is 9.69 Å². The molecule has 1 N–H and O–H groups in total. The predicted molar refractivity (Wildman–Crippen MR) is 110 cm³/mol. The van der Waals surface area contributed by atoms with Crippen LogP contribution in [0, 0.1) is 0 Å². The van der Waals surface area contributed by atoms with Crippen LogP contribution in [0.1, 0.15) is 38.1 Å². The summed E-state index contributed by atoms with van der Waals surface area (Å²) in [4.78, 5) is 15.0. The maximum atomic E-state index is 12.7. The zero-order chi connectivity index (χ0) is 21.3. The average molecular weight is 432 g/mol. The van der Waals surface area contributed by atoms with Crippen LogP contribution in [0.4, 0.5) is 0 Å². The van der Waals surface area contributed by atoms with E-state index in [0.29, 0.717) is 6.54 Å². The summed E-state index contributed by atoms with van der Waals surface area (Å²) in [5.41, 5.74) is -0.147. The Hall–Kier alpha value is -1.19. The summed E-state index contributed by atoms with van der Waals surface area (Å²) in [6.45, 7) is 10.2. The van der Waals surface area contributed by atoms with Gasteiger partial charge in [0.25, 0.3) is 5.91 Å². The van der Waals surface area contributed by atoms with Gasteiger partial charge in [-0.05, 0) is 45.9 Å². The number of carbonyl (C=O) groups is 1. The highest BCUT2D eigenvalue weighted by atomic mass is 35.5. The van der Waals surface area contributed by atoms with E-state index in [-0.39, 0.29) is 33.2 Å². The first-order valence-corrected chi connectivity index (χ1v) is 11.1. The molecule has 1 aromatic carbocycles. The first-order valence-electron chi connectivity index (χ1n) is 9.25. The third kappa shape index (κ3) is 5.24. The summed E-state index contributed by atoms with van der Waals surface area (Å²) in [6, 6.07) is 4.15. The smallest absolute Gasteiger partial charge is 0.252 e. The number of sulfonamides is 1. The molecule has 158 valence electrons. The molecule has 9 heteroatoms. The lowest BCUT2D eigenvalue weighted by atomic mass is 10.00. The van der Waals surface area contributed by atoms with E-state index in [4.69, 9.17) is 16.3 Å². The van der Waals surface area contributed by atoms with Crippen molar-refractivity contribution < 1.29 is 17.9 Å². The molecule has 7 nitrogen and oxygen atoms in total. The van der Waals surface area contributed by atoms with Crippen LogP contribution in [-0.2, 0) is 14.8 Å². The number of amides is 1. The number of nitrogens with one attached hydrogen (secondary N) is 1. The molecule has 1 saturated heterocycles. The highest BCUT2D eigenvalue weighted by molar-refractivity contribution is 7.89. The fraction of sp³-hybridized carbons (Fsp3) is 0.632. The van der Waals surface area contributed by atoms with Crippen LogP contribution in [0.3, 0.4) is 0 Å². The van der Waals surface area contributed by atoms with Gasteiger partial charge >= 0.3 is 0 Å². The standard InChI is InChI=1S/C19H30ClN3O4S/c1-13-10-23(11-14(2)27-13)19(3,4)12-21-18(24)16-9-15(7-8-17(16)20)28(25,26)22(5)6/h7-9,13-14H,10-12H2,1-6H3,(H,21,24)/t13-,14-/m1/s1. The fourth-order valence-electron chi connectivity index (χ4n) is 3.23. The highest BCUT2D eigenvalue weighted by Gasteiger charge is 2.33. The number of carbonyl (C=O) groups excluding carboxylic acids is 1. The molecule has 0 spiro atoms. The second kappa shape index (κ2) is 8.67. The molecule has 2 rings (SSSR count). The van der Waals surface area contributed by atoms with Gasteiger partial charge in [0.1, 0.15) is 0 Å². The zero-order valence-corrected chi connectivity index (χ0v) is 18.9. The predicted octanol–water partition coefficient (Wildman–Crippen LogP) is 2.21. The van der Waals surface area contributed by atoms with Gasteiger partial charge in [0.05, 0.1) is 27.7 Å². The molecule has 1 aliphatic rings. The van der Waals surface area contributed by atoms with Crippen molar-refractivity contribution in [3.05, 3.63) is 28.8 Å². The average Bonchev–Trinajstić information content (AvgIpc) is 2.59. The van der Waals surface area contributed by atoms with E-state index < -0.39 is 15.9 Å². The van der Waals surface area contributed by atoms with E-state index >= 15 is 0 Å². The zero-order valence-electron chi connectivity index (χ0n) is 17.3. The van der Waals surface area contributed by atoms with Crippen LogP contribution in [0.25, 0.3) is 0 Å². The second-order valence-electron chi connectivity index (χ2n) is 8.09. The van der Waals surface area contributed by atoms with Crippen LogP contribution in [-0.4, -0.2) is 75.0 Å². The van der Waals surface area contributed by atoms with Gasteiger partial charge in [0, 0.05) is 39.3 Å². The Balaban J connectivity index is 2.14. The molecule has 0 unspecified atom stereocenters. The van der Waals surface area contributed by atoms with Gasteiger partial charge in [-0.1, -0.05) is 11.6 Å². The molecular formula is C19H30ClN3O4S. The lowest BCUT2D eigenvalue weighted by Gasteiger charge is -2.45. The number of rotatable bonds is 6. The Morgan fingerprint density at radius 2 is 1.86 bits per heavy atom. The molecule has 0 saturated carbocycles. The second-order valence-corrected chi connectivity index (χ2v) is 10.6. The summed E-state index contributed by atoms with van der Waals surface area (Å²) < 4.78 is 31.5. The Morgan fingerprint density at radius 1 is 1.29 bits per heavy atom. The summed E-state index contributed by atoms with van der Waals surface area (Å²) >= 11 is 6.16. The minimum absolute atomic E-state index is 0.0298. The minimum Gasteiger partial charge on any atom is -0.373 e. The molecule has 0 aromatic heterocycles. The van der Waals surface area contributed by atoms with Crippen LogP contribution < -0.4 is 5.32 Å². The molecule has 2 atom stereocenters. The third-order valence-corrected chi connectivity index (χ3v) is 7.06. The fourth-order valence-corrected chi connectivity index (χ4v) is 4.36. The van der Waals surface area contributed by atoms with Gasteiger partial charge in [-0.15, -0.1) is 0 Å². The quantitative estimate of drug-likeness (QED) is 0.747. The van der Waals surface area contributed by atoms with E-state index in [1.807, 2.05) is 13.8 Å². The van der Waals surface area contributed by atoms with E-state index in [1.165, 1.54) is 32.3 Å². The van der Waals surface area contributed by atoms with E-state index in [2.05, 4.69) is 24.1 Å². The lowest BCUT2D eigenvalue weighted by molar-refractivity contribution is -0.0948. The molecule has 1 aliphatic heterocycles. The number of nitrogens with zero attached hydrogens (tertiary/aromatic N) is 2. The summed E-state index contributed by atoms with van der Waals surface area (Å²) in [7, 11) is -0.768. The van der Waals surface area contributed by atoms with Crippen molar-refractivity contribution in [3.63, 3.8) is 0 Å². The van der Waals surface area contributed by atoms with Gasteiger partial charge in [-0.25, -0.2) is 12.7 Å². The van der Waals surface area contributed by atoms with Crippen molar-refractivity contribution in [2.45, 2.75) is 50.3 Å². The van der Waals surface area contributed by atoms with Crippen molar-refractivity contribution >= 4 is 27.5 Å². The SMILES string of the molecule is C[C@@H]1CN(C(C)(C)CNC(=O)c2cc(S(=O)(=O)N(C)C)ccc2Cl)C[C@@H](C)O1. The summed E-state index contributed by atoms with van der Waals surface area (Å²) in [6.07, 6.45) is 0.252. The number of ether oxygens (including phenoxy) is 1. The Kier molecular flexibility index (Phi) is 7.15. The van der Waals surface area contributed by atoms with Crippen molar-refractivity contribution in [3.8, 4) is 0 Å². The Morgan fingerprint density at radius 3 is 2.39 bits per heavy atom. The van der Waals surface area contributed by atoms with Crippen LogP contribution >= 0.6 is 11.6 Å². The van der Waals surface area contributed by atoms with Gasteiger partial charge < -0.3 is 10.1 Å². The first kappa shape index (κ1) is 23.1. The van der Waals surface area contributed by atoms with E-state index in [9.17, 15) is 13.2 Å². The monoisotopic (exact) mass is 431 g/mol. The van der Waals surface area contributed by atoms with Crippen molar-refractivity contribution in [2.24, 2.45) is 0 Å². The van der Waals surface area contributed by atoms with E-state index in [1.54, 1.807) is 0 Å². The molecule has 0 bridgehead atoms. The number of hydrogen-bond acceptors (Lipinski definition) is 5. The van der Waals surface area contributed by atoms with Gasteiger partial charge in [-0.2, -0.15) is 0 Å². The number of hydrogen-bond donors (Lipinski definition) is 1. The molecule has 0 aliphatic carbocycles. The third-order valence-electron chi connectivity index (χ3n) is 4.92. The molecule has 1 fully saturated rings. The van der Waals surface area contributed by atoms with Crippen LogP contribution in [0.5, 0.6) is 0 Å². The lowest BCUT2D eigenvalue weighted by Crippen LogP contribution is -2.58. The number of halogens is 1. The van der Waals surface area contributed by atoms with Gasteiger partial charge in [0.15, 0.2) is 0 Å². The highest BCUT2D eigenvalue weighted by Crippen LogP contribution is 2.24.